The largest absolute Gasteiger partial charge is 0.378 e. The van der Waals surface area contributed by atoms with Crippen LogP contribution in [0.2, 0.25) is 0 Å². The molecule has 1 heterocycles. The molecule has 4 bridgehead atoms. The van der Waals surface area contributed by atoms with Gasteiger partial charge in [0.1, 0.15) is 6.04 Å². The van der Waals surface area contributed by atoms with Crippen LogP contribution in [-0.2, 0) is 9.53 Å². The number of ether oxygens (including phenoxy) is 1. The van der Waals surface area contributed by atoms with Crippen LogP contribution in [0, 0.1) is 23.7 Å². The van der Waals surface area contributed by atoms with Crippen LogP contribution in [0.3, 0.4) is 0 Å². The summed E-state index contributed by atoms with van der Waals surface area (Å²) in [6.07, 6.45) is 6.87. The molecule has 1 N–H and O–H groups in total. The van der Waals surface area contributed by atoms with Gasteiger partial charge in [-0.05, 0) is 69.4 Å². The number of carbonyl (C=O) groups is 1. The second kappa shape index (κ2) is 7.53. The molecule has 0 aromatic heterocycles. The van der Waals surface area contributed by atoms with Crippen LogP contribution in [0.4, 0.5) is 0 Å². The van der Waals surface area contributed by atoms with E-state index < -0.39 is 0 Å². The van der Waals surface area contributed by atoms with Crippen LogP contribution in [0.5, 0.6) is 0 Å². The number of morpholine rings is 1. The minimum atomic E-state index is -0.101. The molecule has 5 fully saturated rings. The second-order valence-corrected chi connectivity index (χ2v) is 8.99. The third kappa shape index (κ3) is 3.74. The van der Waals surface area contributed by atoms with Gasteiger partial charge in [0.15, 0.2) is 0 Å². The lowest BCUT2D eigenvalue weighted by molar-refractivity contribution is -0.136. The second-order valence-electron chi connectivity index (χ2n) is 8.99. The van der Waals surface area contributed by atoms with E-state index >= 15 is 0 Å². The summed E-state index contributed by atoms with van der Waals surface area (Å²) in [5.41, 5.74) is 0. The van der Waals surface area contributed by atoms with Gasteiger partial charge in [0.2, 0.25) is 5.91 Å². The summed E-state index contributed by atoms with van der Waals surface area (Å²) in [4.78, 5) is 17.7. The molecule has 1 saturated heterocycles. The Bertz CT molecular complexity index is 456. The number of hydrogen-bond donors (Lipinski definition) is 1. The van der Waals surface area contributed by atoms with Gasteiger partial charge >= 0.3 is 0 Å². The van der Waals surface area contributed by atoms with Gasteiger partial charge in [0.05, 0.1) is 13.2 Å². The molecule has 1 aliphatic heterocycles. The first-order valence-electron chi connectivity index (χ1n) is 10.4. The Morgan fingerprint density at radius 2 is 1.84 bits per heavy atom. The first-order chi connectivity index (χ1) is 12.1. The summed E-state index contributed by atoms with van der Waals surface area (Å²) < 4.78 is 5.66. The first-order valence-corrected chi connectivity index (χ1v) is 10.4. The SMILES string of the molecule is CCN(C)CCN1CCOC[C@@H]1C(=O)NC1C2CC3CC(C2)CC1C3. The van der Waals surface area contributed by atoms with Crippen LogP contribution >= 0.6 is 0 Å². The normalized spacial score (nSPS) is 40.6. The fourth-order valence-corrected chi connectivity index (χ4v) is 6.03. The summed E-state index contributed by atoms with van der Waals surface area (Å²) in [5, 5.41) is 3.49. The van der Waals surface area contributed by atoms with Crippen LogP contribution in [0.1, 0.15) is 39.0 Å². The molecule has 5 rings (SSSR count). The lowest BCUT2D eigenvalue weighted by Crippen LogP contribution is -2.61. The first kappa shape index (κ1) is 17.7. The molecule has 0 aromatic rings. The van der Waals surface area contributed by atoms with E-state index in [2.05, 4.69) is 29.1 Å². The Balaban J connectivity index is 1.36. The van der Waals surface area contributed by atoms with E-state index in [0.717, 1.165) is 56.5 Å². The van der Waals surface area contributed by atoms with Gasteiger partial charge in [-0.25, -0.2) is 0 Å². The molecule has 5 nitrogen and oxygen atoms in total. The minimum Gasteiger partial charge on any atom is -0.378 e. The van der Waals surface area contributed by atoms with Gasteiger partial charge in [-0.2, -0.15) is 0 Å². The van der Waals surface area contributed by atoms with Gasteiger partial charge in [0.25, 0.3) is 0 Å². The van der Waals surface area contributed by atoms with Crippen LogP contribution in [0.15, 0.2) is 0 Å². The van der Waals surface area contributed by atoms with E-state index in [1.54, 1.807) is 0 Å². The minimum absolute atomic E-state index is 0.101. The van der Waals surface area contributed by atoms with Crippen molar-refractivity contribution in [1.29, 1.82) is 0 Å². The van der Waals surface area contributed by atoms with Crippen molar-refractivity contribution in [1.82, 2.24) is 15.1 Å². The zero-order valence-corrected chi connectivity index (χ0v) is 16.0. The third-order valence-electron chi connectivity index (χ3n) is 7.39. The molecule has 1 atom stereocenters. The Kier molecular flexibility index (Phi) is 5.35. The van der Waals surface area contributed by atoms with Crippen molar-refractivity contribution in [2.75, 3.05) is 46.4 Å². The Labute approximate surface area is 152 Å². The van der Waals surface area contributed by atoms with Gasteiger partial charge in [-0.1, -0.05) is 6.92 Å². The molecule has 5 heteroatoms. The van der Waals surface area contributed by atoms with Crippen LogP contribution < -0.4 is 5.32 Å². The van der Waals surface area contributed by atoms with Crippen molar-refractivity contribution in [3.63, 3.8) is 0 Å². The number of nitrogens with one attached hydrogen (secondary N) is 1. The van der Waals surface area contributed by atoms with Crippen molar-refractivity contribution in [2.24, 2.45) is 23.7 Å². The predicted molar refractivity (Wildman–Crippen MR) is 98.3 cm³/mol. The molecule has 0 radical (unpaired) electrons. The Morgan fingerprint density at radius 1 is 1.16 bits per heavy atom. The van der Waals surface area contributed by atoms with Crippen molar-refractivity contribution >= 4 is 5.91 Å². The van der Waals surface area contributed by atoms with Crippen LogP contribution in [0.25, 0.3) is 0 Å². The molecule has 0 unspecified atom stereocenters. The maximum atomic E-state index is 13.1. The van der Waals surface area contributed by atoms with Gasteiger partial charge < -0.3 is 15.0 Å². The molecule has 142 valence electrons. The molecule has 0 aromatic carbocycles. The number of amides is 1. The molecule has 4 aliphatic carbocycles. The van der Waals surface area contributed by atoms with Crippen molar-refractivity contribution in [3.05, 3.63) is 0 Å². The molecule has 1 amide bonds. The van der Waals surface area contributed by atoms with E-state index in [4.69, 9.17) is 4.74 Å². The number of nitrogens with zero attached hydrogens (tertiary/aromatic N) is 2. The predicted octanol–water partition coefficient (Wildman–Crippen LogP) is 1.58. The third-order valence-corrected chi connectivity index (χ3v) is 7.39. The van der Waals surface area contributed by atoms with Crippen molar-refractivity contribution in [3.8, 4) is 0 Å². The average molecular weight is 350 g/mol. The highest BCUT2D eigenvalue weighted by Crippen LogP contribution is 2.53. The average Bonchev–Trinajstić information content (AvgIpc) is 2.62. The standard InChI is InChI=1S/C20H35N3O2/c1-3-22(2)4-5-23-6-7-25-13-18(23)20(24)21-19-16-9-14-8-15(11-16)12-17(19)10-14/h14-19H,3-13H2,1-2H3,(H,21,24)/t14?,15?,16?,17?,18-,19?/m1/s1. The maximum Gasteiger partial charge on any atom is 0.239 e. The monoisotopic (exact) mass is 349 g/mol. The van der Waals surface area contributed by atoms with Crippen molar-refractivity contribution < 1.29 is 9.53 Å². The fraction of sp³-hybridized carbons (Fsp3) is 0.950. The summed E-state index contributed by atoms with van der Waals surface area (Å²) in [5.74, 6) is 3.61. The maximum absolute atomic E-state index is 13.1. The zero-order valence-electron chi connectivity index (χ0n) is 16.0. The highest BCUT2D eigenvalue weighted by Gasteiger charge is 2.49. The summed E-state index contributed by atoms with van der Waals surface area (Å²) in [7, 11) is 2.14. The summed E-state index contributed by atoms with van der Waals surface area (Å²) >= 11 is 0. The number of hydrogen-bond acceptors (Lipinski definition) is 4. The van der Waals surface area contributed by atoms with Crippen molar-refractivity contribution in [2.45, 2.75) is 51.1 Å². The smallest absolute Gasteiger partial charge is 0.239 e. The van der Waals surface area contributed by atoms with E-state index in [0.29, 0.717) is 12.6 Å². The van der Waals surface area contributed by atoms with Crippen LogP contribution in [-0.4, -0.2) is 74.2 Å². The fourth-order valence-electron chi connectivity index (χ4n) is 6.03. The van der Waals surface area contributed by atoms with E-state index in [1.807, 2.05) is 0 Å². The number of carbonyl (C=O) groups excluding carboxylic acids is 1. The number of rotatable bonds is 6. The molecular formula is C20H35N3O2. The van der Waals surface area contributed by atoms with Gasteiger partial charge in [-0.3, -0.25) is 9.69 Å². The molecule has 4 saturated carbocycles. The van der Waals surface area contributed by atoms with Gasteiger partial charge in [0, 0.05) is 25.7 Å². The summed E-state index contributed by atoms with van der Waals surface area (Å²) in [6, 6.07) is 0.332. The Morgan fingerprint density at radius 3 is 2.48 bits per heavy atom. The lowest BCUT2D eigenvalue weighted by atomic mass is 9.54. The topological polar surface area (TPSA) is 44.8 Å². The molecule has 5 aliphatic rings. The van der Waals surface area contributed by atoms with E-state index in [-0.39, 0.29) is 11.9 Å². The highest BCUT2D eigenvalue weighted by molar-refractivity contribution is 5.82. The van der Waals surface area contributed by atoms with Gasteiger partial charge in [-0.15, -0.1) is 0 Å². The van der Waals surface area contributed by atoms with E-state index in [1.165, 1.54) is 32.1 Å². The molecule has 25 heavy (non-hydrogen) atoms. The quantitative estimate of drug-likeness (QED) is 0.791. The lowest BCUT2D eigenvalue weighted by Gasteiger charge is -2.54. The Hall–Kier alpha value is -0.650. The molecule has 0 spiro atoms. The number of likely N-dealkylation sites (N-methyl/N-ethyl adjacent to an activating group) is 1. The highest BCUT2D eigenvalue weighted by atomic mass is 16.5. The zero-order chi connectivity index (χ0) is 17.4. The van der Waals surface area contributed by atoms with E-state index in [9.17, 15) is 4.79 Å². The summed E-state index contributed by atoms with van der Waals surface area (Å²) in [6.45, 7) is 7.36. The molecular weight excluding hydrogens is 314 g/mol.